The van der Waals surface area contributed by atoms with Crippen molar-refractivity contribution in [3.05, 3.63) is 53.8 Å². The zero-order valence-electron chi connectivity index (χ0n) is 18.2. The number of unbranched alkanes of at least 4 members (excludes halogenated alkanes) is 1. The van der Waals surface area contributed by atoms with Gasteiger partial charge in [0.1, 0.15) is 16.6 Å². The van der Waals surface area contributed by atoms with Gasteiger partial charge in [-0.3, -0.25) is 15.6 Å². The van der Waals surface area contributed by atoms with Crippen molar-refractivity contribution in [2.45, 2.75) is 26.4 Å². The number of pyridine rings is 2. The lowest BCUT2D eigenvalue weighted by atomic mass is 10.3. The van der Waals surface area contributed by atoms with E-state index in [1.807, 2.05) is 19.1 Å². The number of nitrogens with zero attached hydrogens (tertiary/aromatic N) is 3. The summed E-state index contributed by atoms with van der Waals surface area (Å²) >= 11 is 1.43. The predicted molar refractivity (Wildman–Crippen MR) is 126 cm³/mol. The van der Waals surface area contributed by atoms with E-state index in [-0.39, 0.29) is 6.61 Å². The third kappa shape index (κ3) is 8.47. The van der Waals surface area contributed by atoms with E-state index >= 15 is 0 Å². The standard InChI is InChI=1S/C22H26N6O4S/c1-2-3-12-32-22(30)24-11-13-31-14-17-5-4-6-18(25-17)27-21(29)28-19-15-33-20(26-19)16-7-9-23-10-8-16/h4-10,15H,2-3,11-14H2,1H3,(H,24,30)(H2,25,27,28,29). The van der Waals surface area contributed by atoms with Crippen LogP contribution < -0.4 is 16.0 Å². The maximum Gasteiger partial charge on any atom is 0.407 e. The van der Waals surface area contributed by atoms with Crippen molar-refractivity contribution in [1.82, 2.24) is 20.3 Å². The highest BCUT2D eigenvalue weighted by atomic mass is 32.1. The largest absolute Gasteiger partial charge is 0.450 e. The highest BCUT2D eigenvalue weighted by Crippen LogP contribution is 2.25. The molecule has 11 heteroatoms. The van der Waals surface area contributed by atoms with E-state index in [2.05, 4.69) is 30.9 Å². The molecule has 0 unspecified atom stereocenters. The Balaban J connectivity index is 1.39. The second-order valence-corrected chi connectivity index (χ2v) is 7.69. The van der Waals surface area contributed by atoms with Crippen molar-refractivity contribution in [3.63, 3.8) is 0 Å². The molecule has 3 heterocycles. The normalized spacial score (nSPS) is 10.5. The molecule has 10 nitrogen and oxygen atoms in total. The molecule has 3 N–H and O–H groups in total. The molecule has 0 saturated carbocycles. The number of hydrogen-bond acceptors (Lipinski definition) is 8. The fourth-order valence-electron chi connectivity index (χ4n) is 2.61. The Morgan fingerprint density at radius 2 is 1.85 bits per heavy atom. The average molecular weight is 471 g/mol. The first kappa shape index (κ1) is 24.1. The fraction of sp³-hybridized carbons (Fsp3) is 0.318. The fourth-order valence-corrected chi connectivity index (χ4v) is 3.37. The second-order valence-electron chi connectivity index (χ2n) is 6.84. The third-order valence-electron chi connectivity index (χ3n) is 4.22. The van der Waals surface area contributed by atoms with Gasteiger partial charge in [0.2, 0.25) is 0 Å². The van der Waals surface area contributed by atoms with Gasteiger partial charge in [-0.25, -0.2) is 19.6 Å². The van der Waals surface area contributed by atoms with Gasteiger partial charge in [0, 0.05) is 29.9 Å². The van der Waals surface area contributed by atoms with Crippen LogP contribution in [0.15, 0.2) is 48.1 Å². The van der Waals surface area contributed by atoms with Crippen LogP contribution in [0.1, 0.15) is 25.5 Å². The van der Waals surface area contributed by atoms with Gasteiger partial charge in [-0.05, 0) is 30.7 Å². The average Bonchev–Trinajstić information content (AvgIpc) is 3.28. The molecule has 3 aromatic heterocycles. The molecule has 0 aliphatic heterocycles. The minimum absolute atomic E-state index is 0.241. The minimum Gasteiger partial charge on any atom is -0.450 e. The Bertz CT molecular complexity index is 1030. The second kappa shape index (κ2) is 13.1. The summed E-state index contributed by atoms with van der Waals surface area (Å²) in [6.07, 6.45) is 4.75. The summed E-state index contributed by atoms with van der Waals surface area (Å²) in [5.41, 5.74) is 1.58. The van der Waals surface area contributed by atoms with Crippen molar-refractivity contribution in [2.75, 3.05) is 30.4 Å². The number of urea groups is 1. The van der Waals surface area contributed by atoms with E-state index in [0.29, 0.717) is 37.1 Å². The van der Waals surface area contributed by atoms with E-state index in [9.17, 15) is 9.59 Å². The Morgan fingerprint density at radius 3 is 2.67 bits per heavy atom. The molecule has 3 aromatic rings. The third-order valence-corrected chi connectivity index (χ3v) is 5.11. The smallest absolute Gasteiger partial charge is 0.407 e. The van der Waals surface area contributed by atoms with Crippen molar-refractivity contribution in [2.24, 2.45) is 0 Å². The van der Waals surface area contributed by atoms with E-state index in [1.54, 1.807) is 36.0 Å². The molecule has 33 heavy (non-hydrogen) atoms. The first-order valence-corrected chi connectivity index (χ1v) is 11.4. The number of carbonyl (C=O) groups is 2. The lowest BCUT2D eigenvalue weighted by Crippen LogP contribution is -2.28. The van der Waals surface area contributed by atoms with Gasteiger partial charge >= 0.3 is 12.1 Å². The van der Waals surface area contributed by atoms with Crippen molar-refractivity contribution < 1.29 is 19.1 Å². The minimum atomic E-state index is -0.449. The molecule has 0 aliphatic rings. The number of ether oxygens (including phenoxy) is 2. The number of anilines is 2. The Kier molecular flexibility index (Phi) is 9.55. The summed E-state index contributed by atoms with van der Waals surface area (Å²) in [7, 11) is 0. The van der Waals surface area contributed by atoms with Crippen LogP contribution in [0, 0.1) is 0 Å². The maximum absolute atomic E-state index is 12.3. The predicted octanol–water partition coefficient (Wildman–Crippen LogP) is 4.29. The lowest BCUT2D eigenvalue weighted by Gasteiger charge is -2.09. The van der Waals surface area contributed by atoms with Crippen molar-refractivity contribution in [1.29, 1.82) is 0 Å². The van der Waals surface area contributed by atoms with E-state index in [0.717, 1.165) is 23.4 Å². The number of amides is 3. The Hall–Kier alpha value is -3.57. The van der Waals surface area contributed by atoms with Crippen LogP contribution in [0.2, 0.25) is 0 Å². The summed E-state index contributed by atoms with van der Waals surface area (Å²) in [5, 5.41) is 10.6. The van der Waals surface area contributed by atoms with Gasteiger partial charge < -0.3 is 14.8 Å². The first-order valence-electron chi connectivity index (χ1n) is 10.5. The number of thiazole rings is 1. The van der Waals surface area contributed by atoms with Gasteiger partial charge in [0.05, 0.1) is 25.5 Å². The molecule has 0 bridgehead atoms. The molecule has 0 aromatic carbocycles. The summed E-state index contributed by atoms with van der Waals surface area (Å²) < 4.78 is 10.5. The van der Waals surface area contributed by atoms with E-state index < -0.39 is 12.1 Å². The van der Waals surface area contributed by atoms with Crippen LogP contribution in [0.3, 0.4) is 0 Å². The van der Waals surface area contributed by atoms with Crippen LogP contribution in [-0.4, -0.2) is 46.8 Å². The number of carbonyl (C=O) groups excluding carboxylic acids is 2. The summed E-state index contributed by atoms with van der Waals surface area (Å²) in [5.74, 6) is 0.834. The lowest BCUT2D eigenvalue weighted by molar-refractivity contribution is 0.111. The molecule has 0 aliphatic carbocycles. The zero-order valence-corrected chi connectivity index (χ0v) is 19.1. The highest BCUT2D eigenvalue weighted by Gasteiger charge is 2.09. The number of alkyl carbamates (subject to hydrolysis) is 1. The Morgan fingerprint density at radius 1 is 1.03 bits per heavy atom. The van der Waals surface area contributed by atoms with E-state index in [1.165, 1.54) is 11.3 Å². The van der Waals surface area contributed by atoms with Gasteiger partial charge in [0.15, 0.2) is 0 Å². The molecule has 0 fully saturated rings. The molecule has 0 spiro atoms. The number of nitrogens with one attached hydrogen (secondary N) is 3. The van der Waals surface area contributed by atoms with Gasteiger partial charge in [0.25, 0.3) is 0 Å². The van der Waals surface area contributed by atoms with Crippen LogP contribution in [0.5, 0.6) is 0 Å². The van der Waals surface area contributed by atoms with Gasteiger partial charge in [-0.2, -0.15) is 0 Å². The van der Waals surface area contributed by atoms with Crippen LogP contribution in [-0.2, 0) is 16.1 Å². The molecule has 0 radical (unpaired) electrons. The summed E-state index contributed by atoms with van der Waals surface area (Å²) in [4.78, 5) is 36.5. The summed E-state index contributed by atoms with van der Waals surface area (Å²) in [6, 6.07) is 8.51. The highest BCUT2D eigenvalue weighted by molar-refractivity contribution is 7.13. The number of hydrogen-bond donors (Lipinski definition) is 3. The molecule has 3 rings (SSSR count). The molecule has 0 saturated heterocycles. The number of rotatable bonds is 11. The van der Waals surface area contributed by atoms with Crippen LogP contribution >= 0.6 is 11.3 Å². The zero-order chi connectivity index (χ0) is 23.3. The molecular formula is C22H26N6O4S. The maximum atomic E-state index is 12.3. The quantitative estimate of drug-likeness (QED) is 0.357. The molecule has 174 valence electrons. The van der Waals surface area contributed by atoms with E-state index in [4.69, 9.17) is 9.47 Å². The molecule has 0 atom stereocenters. The summed E-state index contributed by atoms with van der Waals surface area (Å²) in [6.45, 7) is 3.33. The SMILES string of the molecule is CCCCOC(=O)NCCOCc1cccc(NC(=O)Nc2csc(-c3ccncc3)n2)n1. The monoisotopic (exact) mass is 470 g/mol. The van der Waals surface area contributed by atoms with Crippen molar-refractivity contribution >= 4 is 35.1 Å². The Labute approximate surface area is 195 Å². The molecular weight excluding hydrogens is 444 g/mol. The van der Waals surface area contributed by atoms with Crippen LogP contribution in [0.4, 0.5) is 21.2 Å². The van der Waals surface area contributed by atoms with Gasteiger partial charge in [-0.15, -0.1) is 11.3 Å². The first-order chi connectivity index (χ1) is 16.1. The molecule has 3 amide bonds. The number of aromatic nitrogens is 3. The van der Waals surface area contributed by atoms with Crippen LogP contribution in [0.25, 0.3) is 10.6 Å². The van der Waals surface area contributed by atoms with Crippen molar-refractivity contribution in [3.8, 4) is 10.6 Å². The van der Waals surface area contributed by atoms with Gasteiger partial charge in [-0.1, -0.05) is 19.4 Å². The topological polar surface area (TPSA) is 127 Å².